The minimum Gasteiger partial charge on any atom is -0.508 e. The van der Waals surface area contributed by atoms with Crippen LogP contribution in [0, 0.1) is 11.8 Å². The van der Waals surface area contributed by atoms with Gasteiger partial charge in [0.05, 0.1) is 13.2 Å². The van der Waals surface area contributed by atoms with Crippen LogP contribution in [0.5, 0.6) is 5.75 Å². The maximum atomic E-state index is 12.3. The molecule has 8 nitrogen and oxygen atoms in total. The van der Waals surface area contributed by atoms with Crippen molar-refractivity contribution in [3.05, 3.63) is 55.8 Å². The first-order valence-electron chi connectivity index (χ1n) is 7.56. The van der Waals surface area contributed by atoms with E-state index in [0.29, 0.717) is 5.56 Å². The van der Waals surface area contributed by atoms with Crippen LogP contribution in [0.15, 0.2) is 33.9 Å². The molecule has 0 saturated carbocycles. The Hall–Kier alpha value is -3.18. The lowest BCUT2D eigenvalue weighted by Gasteiger charge is -2.12. The SMILES string of the molecule is CCOC(=O)Nc1c(Cl)n(CC#Cc2cccc(O)c2)c(=O)n(C)c1=O. The van der Waals surface area contributed by atoms with Crippen LogP contribution >= 0.6 is 11.6 Å². The number of nitrogens with one attached hydrogen (secondary N) is 1. The average Bonchev–Trinajstić information content (AvgIpc) is 2.60. The number of hydrogen-bond acceptors (Lipinski definition) is 5. The summed E-state index contributed by atoms with van der Waals surface area (Å²) in [5.74, 6) is 5.58. The third kappa shape index (κ3) is 4.26. The smallest absolute Gasteiger partial charge is 0.411 e. The van der Waals surface area contributed by atoms with Gasteiger partial charge in [-0.3, -0.25) is 19.2 Å². The van der Waals surface area contributed by atoms with Gasteiger partial charge in [0.1, 0.15) is 16.6 Å². The van der Waals surface area contributed by atoms with Crippen molar-refractivity contribution < 1.29 is 14.6 Å². The van der Waals surface area contributed by atoms with E-state index in [-0.39, 0.29) is 29.7 Å². The Bertz CT molecular complexity index is 1010. The van der Waals surface area contributed by atoms with E-state index in [1.165, 1.54) is 19.2 Å². The van der Waals surface area contributed by atoms with Gasteiger partial charge in [0.25, 0.3) is 5.56 Å². The summed E-state index contributed by atoms with van der Waals surface area (Å²) in [5.41, 5.74) is -1.17. The molecule has 2 aromatic rings. The zero-order chi connectivity index (χ0) is 19.3. The lowest BCUT2D eigenvalue weighted by atomic mass is 10.2. The second-order valence-electron chi connectivity index (χ2n) is 5.10. The number of phenols is 1. The van der Waals surface area contributed by atoms with Crippen molar-refractivity contribution in [3.63, 3.8) is 0 Å². The second kappa shape index (κ2) is 8.27. The summed E-state index contributed by atoms with van der Waals surface area (Å²) >= 11 is 6.11. The van der Waals surface area contributed by atoms with E-state index >= 15 is 0 Å². The minimum atomic E-state index is -0.859. The highest BCUT2D eigenvalue weighted by atomic mass is 35.5. The highest BCUT2D eigenvalue weighted by molar-refractivity contribution is 6.32. The molecule has 0 fully saturated rings. The Morgan fingerprint density at radius 3 is 2.77 bits per heavy atom. The molecule has 26 heavy (non-hydrogen) atoms. The fourth-order valence-electron chi connectivity index (χ4n) is 2.06. The van der Waals surface area contributed by atoms with Crippen molar-refractivity contribution in [1.82, 2.24) is 9.13 Å². The molecule has 0 atom stereocenters. The van der Waals surface area contributed by atoms with E-state index in [1.807, 2.05) is 0 Å². The highest BCUT2D eigenvalue weighted by Crippen LogP contribution is 2.15. The van der Waals surface area contributed by atoms with E-state index in [9.17, 15) is 19.5 Å². The van der Waals surface area contributed by atoms with Crippen LogP contribution in [0.3, 0.4) is 0 Å². The van der Waals surface area contributed by atoms with Crippen LogP contribution in [0.4, 0.5) is 10.5 Å². The van der Waals surface area contributed by atoms with Crippen LogP contribution < -0.4 is 16.6 Å². The minimum absolute atomic E-state index is 0.0648. The normalized spacial score (nSPS) is 9.96. The number of aromatic nitrogens is 2. The topological polar surface area (TPSA) is 103 Å². The second-order valence-corrected chi connectivity index (χ2v) is 5.45. The molecule has 0 aliphatic carbocycles. The Morgan fingerprint density at radius 2 is 2.12 bits per heavy atom. The number of aromatic hydroxyl groups is 1. The van der Waals surface area contributed by atoms with Gasteiger partial charge in [-0.1, -0.05) is 29.5 Å². The maximum Gasteiger partial charge on any atom is 0.411 e. The van der Waals surface area contributed by atoms with Gasteiger partial charge in [0.15, 0.2) is 0 Å². The van der Waals surface area contributed by atoms with Gasteiger partial charge in [-0.05, 0) is 25.1 Å². The third-order valence-electron chi connectivity index (χ3n) is 3.30. The molecule has 0 bridgehead atoms. The van der Waals surface area contributed by atoms with Gasteiger partial charge in [0, 0.05) is 12.6 Å². The molecule has 136 valence electrons. The van der Waals surface area contributed by atoms with Crippen molar-refractivity contribution >= 4 is 23.4 Å². The first-order valence-corrected chi connectivity index (χ1v) is 7.94. The Morgan fingerprint density at radius 1 is 1.38 bits per heavy atom. The molecule has 2 rings (SSSR count). The standard InChI is InChI=1S/C17H16ClN3O5/c1-3-26-16(24)19-13-14(18)21(17(25)20(2)15(13)23)9-5-7-11-6-4-8-12(22)10-11/h4,6,8,10,22H,3,9H2,1-2H3,(H,19,24). The zero-order valence-electron chi connectivity index (χ0n) is 14.1. The van der Waals surface area contributed by atoms with Gasteiger partial charge in [-0.2, -0.15) is 0 Å². The van der Waals surface area contributed by atoms with Crippen molar-refractivity contribution in [2.24, 2.45) is 7.05 Å². The lowest BCUT2D eigenvalue weighted by Crippen LogP contribution is -2.40. The number of carbonyl (C=O) groups excluding carboxylic acids is 1. The lowest BCUT2D eigenvalue weighted by molar-refractivity contribution is 0.168. The van der Waals surface area contributed by atoms with Crippen LogP contribution in [-0.2, 0) is 18.3 Å². The third-order valence-corrected chi connectivity index (χ3v) is 3.69. The Balaban J connectivity index is 2.40. The predicted molar refractivity (Wildman–Crippen MR) is 96.6 cm³/mol. The van der Waals surface area contributed by atoms with Crippen LogP contribution in [-0.4, -0.2) is 26.9 Å². The molecule has 1 heterocycles. The molecular formula is C17H16ClN3O5. The van der Waals surface area contributed by atoms with Gasteiger partial charge < -0.3 is 9.84 Å². The number of hydrogen-bond donors (Lipinski definition) is 2. The summed E-state index contributed by atoms with van der Waals surface area (Å²) in [7, 11) is 1.26. The number of anilines is 1. The molecule has 0 radical (unpaired) electrons. The number of benzene rings is 1. The van der Waals surface area contributed by atoms with Crippen molar-refractivity contribution in [3.8, 4) is 17.6 Å². The van der Waals surface area contributed by atoms with Gasteiger partial charge in [-0.15, -0.1) is 0 Å². The number of carbonyl (C=O) groups is 1. The Labute approximate surface area is 153 Å². The summed E-state index contributed by atoms with van der Waals surface area (Å²) in [6.07, 6.45) is -0.859. The first kappa shape index (κ1) is 19.1. The fraction of sp³-hybridized carbons (Fsp3) is 0.235. The molecule has 1 aromatic carbocycles. The molecule has 9 heteroatoms. The van der Waals surface area contributed by atoms with E-state index in [0.717, 1.165) is 9.13 Å². The summed E-state index contributed by atoms with van der Waals surface area (Å²) in [6, 6.07) is 6.29. The van der Waals surface area contributed by atoms with E-state index < -0.39 is 17.3 Å². The monoisotopic (exact) mass is 377 g/mol. The quantitative estimate of drug-likeness (QED) is 0.623. The van der Waals surface area contributed by atoms with Crippen molar-refractivity contribution in [2.45, 2.75) is 13.5 Å². The molecule has 0 aliphatic heterocycles. The number of rotatable bonds is 3. The number of phenolic OH excluding ortho intramolecular Hbond substituents is 1. The van der Waals surface area contributed by atoms with E-state index in [1.54, 1.807) is 19.1 Å². The molecule has 0 spiro atoms. The molecule has 1 aromatic heterocycles. The fourth-order valence-corrected chi connectivity index (χ4v) is 2.32. The molecular weight excluding hydrogens is 362 g/mol. The molecule has 0 aliphatic rings. The first-order chi connectivity index (χ1) is 12.3. The van der Waals surface area contributed by atoms with Gasteiger partial charge >= 0.3 is 11.8 Å². The van der Waals surface area contributed by atoms with Crippen LogP contribution in [0.1, 0.15) is 12.5 Å². The summed E-state index contributed by atoms with van der Waals surface area (Å²) < 4.78 is 6.57. The largest absolute Gasteiger partial charge is 0.508 e. The van der Waals surface area contributed by atoms with E-state index in [4.69, 9.17) is 16.3 Å². The molecule has 0 saturated heterocycles. The summed E-state index contributed by atoms with van der Waals surface area (Å²) in [4.78, 5) is 36.0. The number of amides is 1. The van der Waals surface area contributed by atoms with Crippen molar-refractivity contribution in [2.75, 3.05) is 11.9 Å². The Kier molecular flexibility index (Phi) is 6.09. The number of ether oxygens (including phenoxy) is 1. The van der Waals surface area contributed by atoms with E-state index in [2.05, 4.69) is 17.2 Å². The average molecular weight is 378 g/mol. The molecule has 1 amide bonds. The summed E-state index contributed by atoms with van der Waals surface area (Å²) in [6.45, 7) is 1.59. The van der Waals surface area contributed by atoms with Crippen LogP contribution in [0.2, 0.25) is 5.15 Å². The molecule has 2 N–H and O–H groups in total. The zero-order valence-corrected chi connectivity index (χ0v) is 14.8. The molecule has 0 unspecified atom stereocenters. The number of nitrogens with zero attached hydrogens (tertiary/aromatic N) is 2. The maximum absolute atomic E-state index is 12.3. The highest BCUT2D eigenvalue weighted by Gasteiger charge is 2.18. The predicted octanol–water partition coefficient (Wildman–Crippen LogP) is 1.53. The van der Waals surface area contributed by atoms with Crippen molar-refractivity contribution in [1.29, 1.82) is 0 Å². The van der Waals surface area contributed by atoms with Gasteiger partial charge in [-0.25, -0.2) is 9.59 Å². The summed E-state index contributed by atoms with van der Waals surface area (Å²) in [5, 5.41) is 11.4. The van der Waals surface area contributed by atoms with Gasteiger partial charge in [0.2, 0.25) is 0 Å². The van der Waals surface area contributed by atoms with Crippen LogP contribution in [0.25, 0.3) is 0 Å². The number of halogens is 1.